The highest BCUT2D eigenvalue weighted by Gasteiger charge is 1.97. The Labute approximate surface area is 134 Å². The van der Waals surface area contributed by atoms with Gasteiger partial charge in [0.1, 0.15) is 6.10 Å². The van der Waals surface area contributed by atoms with E-state index in [1.165, 1.54) is 19.3 Å². The van der Waals surface area contributed by atoms with E-state index < -0.39 is 5.97 Å². The topological polar surface area (TPSA) is 69.6 Å². The first-order valence-corrected chi connectivity index (χ1v) is 8.54. The highest BCUT2D eigenvalue weighted by Crippen LogP contribution is 2.08. The Kier molecular flexibility index (Phi) is 15.4. The third-order valence-corrected chi connectivity index (χ3v) is 3.50. The summed E-state index contributed by atoms with van der Waals surface area (Å²) in [5.74, 6) is -0.958. The molecule has 0 amide bonds. The summed E-state index contributed by atoms with van der Waals surface area (Å²) in [7, 11) is 0. The van der Waals surface area contributed by atoms with E-state index >= 15 is 0 Å². The van der Waals surface area contributed by atoms with Gasteiger partial charge in [-0.15, -0.1) is 0 Å². The highest BCUT2D eigenvalue weighted by molar-refractivity contribution is 5.63. The molecular weight excluding hydrogens is 280 g/mol. The van der Waals surface area contributed by atoms with Gasteiger partial charge in [-0.1, -0.05) is 63.3 Å². The Morgan fingerprint density at radius 2 is 1.55 bits per heavy atom. The zero-order valence-corrected chi connectivity index (χ0v) is 13.8. The number of unbranched alkanes of at least 4 members (excludes halogenated alkanes) is 8. The van der Waals surface area contributed by atoms with Crippen LogP contribution in [0.2, 0.25) is 0 Å². The van der Waals surface area contributed by atoms with Crippen molar-refractivity contribution in [3.8, 4) is 0 Å². The first-order valence-electron chi connectivity index (χ1n) is 8.54. The van der Waals surface area contributed by atoms with Crippen LogP contribution in [0.4, 0.5) is 0 Å². The lowest BCUT2D eigenvalue weighted by Crippen LogP contribution is -2.21. The summed E-state index contributed by atoms with van der Waals surface area (Å²) >= 11 is 0. The summed E-state index contributed by atoms with van der Waals surface area (Å²) in [6.07, 6.45) is 18.1. The summed E-state index contributed by atoms with van der Waals surface area (Å²) in [4.78, 5) is 14.6. The number of hydrogen-bond donors (Lipinski definition) is 1. The Morgan fingerprint density at radius 3 is 2.09 bits per heavy atom. The van der Waals surface area contributed by atoms with E-state index in [-0.39, 0.29) is 12.5 Å². The van der Waals surface area contributed by atoms with Crippen LogP contribution in [0.15, 0.2) is 24.3 Å². The van der Waals surface area contributed by atoms with Crippen molar-refractivity contribution >= 4 is 5.97 Å². The van der Waals surface area contributed by atoms with E-state index in [0.717, 1.165) is 38.5 Å². The molecule has 0 saturated heterocycles. The third kappa shape index (κ3) is 15.3. The SMILES string of the molecule is CCCCC/C=C\[C@H](/C=C\CCCCCCCC(=O)[O-])OO. The first kappa shape index (κ1) is 20.9. The van der Waals surface area contributed by atoms with E-state index in [2.05, 4.69) is 17.9 Å². The third-order valence-electron chi connectivity index (χ3n) is 3.50. The van der Waals surface area contributed by atoms with Crippen LogP contribution in [0.5, 0.6) is 0 Å². The molecule has 0 saturated carbocycles. The number of allylic oxidation sites excluding steroid dienone is 2. The maximum atomic E-state index is 10.2. The van der Waals surface area contributed by atoms with Gasteiger partial charge in [-0.05, 0) is 38.5 Å². The lowest BCUT2D eigenvalue weighted by molar-refractivity contribution is -0.305. The van der Waals surface area contributed by atoms with Crippen LogP contribution in [-0.2, 0) is 9.68 Å². The van der Waals surface area contributed by atoms with Gasteiger partial charge in [0.25, 0.3) is 0 Å². The lowest BCUT2D eigenvalue weighted by atomic mass is 10.1. The van der Waals surface area contributed by atoms with Crippen LogP contribution in [0.25, 0.3) is 0 Å². The number of carboxylic acids is 1. The highest BCUT2D eigenvalue weighted by atomic mass is 17.1. The van der Waals surface area contributed by atoms with Gasteiger partial charge in [-0.25, -0.2) is 4.89 Å². The van der Waals surface area contributed by atoms with E-state index in [1.807, 2.05) is 18.2 Å². The van der Waals surface area contributed by atoms with E-state index in [0.29, 0.717) is 6.42 Å². The molecule has 128 valence electrons. The van der Waals surface area contributed by atoms with Crippen molar-refractivity contribution in [2.24, 2.45) is 0 Å². The Bertz CT molecular complexity index is 310. The second-order valence-electron chi connectivity index (χ2n) is 5.60. The molecule has 0 aliphatic heterocycles. The molecule has 4 heteroatoms. The first-order chi connectivity index (χ1) is 10.7. The van der Waals surface area contributed by atoms with Crippen molar-refractivity contribution in [3.63, 3.8) is 0 Å². The molecule has 0 fully saturated rings. The van der Waals surface area contributed by atoms with Gasteiger partial charge in [0.15, 0.2) is 0 Å². The fraction of sp³-hybridized carbons (Fsp3) is 0.722. The predicted octanol–water partition coefficient (Wildman–Crippen LogP) is 4.02. The normalized spacial score (nSPS) is 13.2. The molecule has 0 unspecified atom stereocenters. The molecule has 0 heterocycles. The van der Waals surface area contributed by atoms with Gasteiger partial charge in [-0.2, -0.15) is 0 Å². The summed E-state index contributed by atoms with van der Waals surface area (Å²) in [6.45, 7) is 2.18. The number of hydrogen-bond acceptors (Lipinski definition) is 4. The minimum absolute atomic E-state index is 0.167. The second-order valence-corrected chi connectivity index (χ2v) is 5.60. The molecule has 1 N–H and O–H groups in total. The zero-order valence-electron chi connectivity index (χ0n) is 13.8. The van der Waals surface area contributed by atoms with Gasteiger partial charge in [0.05, 0.1) is 0 Å². The van der Waals surface area contributed by atoms with Crippen molar-refractivity contribution in [1.29, 1.82) is 0 Å². The Morgan fingerprint density at radius 1 is 1.00 bits per heavy atom. The van der Waals surface area contributed by atoms with Crippen LogP contribution in [0.1, 0.15) is 77.6 Å². The molecule has 0 aromatic carbocycles. The zero-order chi connectivity index (χ0) is 16.5. The Hall–Kier alpha value is -1.13. The van der Waals surface area contributed by atoms with Crippen molar-refractivity contribution in [1.82, 2.24) is 0 Å². The van der Waals surface area contributed by atoms with E-state index in [4.69, 9.17) is 5.26 Å². The van der Waals surface area contributed by atoms with Crippen LogP contribution < -0.4 is 5.11 Å². The van der Waals surface area contributed by atoms with Crippen molar-refractivity contribution in [3.05, 3.63) is 24.3 Å². The summed E-state index contributed by atoms with van der Waals surface area (Å²) in [5.41, 5.74) is 0. The molecule has 22 heavy (non-hydrogen) atoms. The number of aliphatic carboxylic acids is 1. The average molecular weight is 311 g/mol. The smallest absolute Gasteiger partial charge is 0.129 e. The molecule has 0 aliphatic rings. The van der Waals surface area contributed by atoms with Crippen LogP contribution in [0.3, 0.4) is 0 Å². The van der Waals surface area contributed by atoms with Crippen LogP contribution >= 0.6 is 0 Å². The summed E-state index contributed by atoms with van der Waals surface area (Å²) in [5, 5.41) is 19.1. The molecule has 0 rings (SSSR count). The number of rotatable bonds is 15. The fourth-order valence-electron chi connectivity index (χ4n) is 2.17. The molecular formula is C18H31O4-. The monoisotopic (exact) mass is 311 g/mol. The number of carbonyl (C=O) groups is 1. The van der Waals surface area contributed by atoms with Crippen molar-refractivity contribution in [2.75, 3.05) is 0 Å². The number of carboxylic acid groups (broad SMARTS) is 1. The Balaban J connectivity index is 3.56. The molecule has 0 aliphatic carbocycles. The quantitative estimate of drug-likeness (QED) is 0.215. The number of carbonyl (C=O) groups excluding carboxylic acids is 1. The van der Waals surface area contributed by atoms with Gasteiger partial charge in [-0.3, -0.25) is 5.26 Å². The standard InChI is InChI=1S/C18H32O4/c1-2-3-4-8-11-14-17(22-21)15-12-9-6-5-7-10-13-16-18(19)20/h11-12,14-15,17,21H,2-10,13,16H2,1H3,(H,19,20)/p-1/b14-11-,15-12-/t17-/m1/s1. The lowest BCUT2D eigenvalue weighted by Gasteiger charge is -2.03. The maximum Gasteiger partial charge on any atom is 0.129 e. The largest absolute Gasteiger partial charge is 0.550 e. The van der Waals surface area contributed by atoms with E-state index in [9.17, 15) is 9.90 Å². The molecule has 0 radical (unpaired) electrons. The van der Waals surface area contributed by atoms with Crippen LogP contribution in [-0.4, -0.2) is 17.3 Å². The minimum atomic E-state index is -0.958. The summed E-state index contributed by atoms with van der Waals surface area (Å²) < 4.78 is 0. The maximum absolute atomic E-state index is 10.2. The molecule has 0 bridgehead atoms. The van der Waals surface area contributed by atoms with Gasteiger partial charge in [0.2, 0.25) is 0 Å². The van der Waals surface area contributed by atoms with Gasteiger partial charge < -0.3 is 9.90 Å². The molecule has 4 nitrogen and oxygen atoms in total. The predicted molar refractivity (Wildman–Crippen MR) is 87.2 cm³/mol. The van der Waals surface area contributed by atoms with Gasteiger partial charge >= 0.3 is 0 Å². The summed E-state index contributed by atoms with van der Waals surface area (Å²) in [6, 6.07) is 0. The van der Waals surface area contributed by atoms with E-state index in [1.54, 1.807) is 0 Å². The molecule has 1 atom stereocenters. The molecule has 0 spiro atoms. The van der Waals surface area contributed by atoms with Crippen molar-refractivity contribution < 1.29 is 20.0 Å². The minimum Gasteiger partial charge on any atom is -0.550 e. The second kappa shape index (κ2) is 16.2. The van der Waals surface area contributed by atoms with Crippen LogP contribution in [0, 0.1) is 0 Å². The fourth-order valence-corrected chi connectivity index (χ4v) is 2.17. The molecule has 0 aromatic rings. The average Bonchev–Trinajstić information content (AvgIpc) is 2.50. The van der Waals surface area contributed by atoms with Crippen molar-refractivity contribution in [2.45, 2.75) is 83.7 Å². The molecule has 0 aromatic heterocycles. The van der Waals surface area contributed by atoms with Gasteiger partial charge in [0, 0.05) is 5.97 Å².